The van der Waals surface area contributed by atoms with Gasteiger partial charge in [0.15, 0.2) is 6.17 Å². The third-order valence-corrected chi connectivity index (χ3v) is 6.89. The maximum atomic E-state index is 13.6. The van der Waals surface area contributed by atoms with Gasteiger partial charge in [-0.2, -0.15) is 0 Å². The second-order valence-electron chi connectivity index (χ2n) is 10.9. The molecule has 0 spiro atoms. The molecule has 0 saturated carbocycles. The predicted molar refractivity (Wildman–Crippen MR) is 153 cm³/mol. The van der Waals surface area contributed by atoms with Crippen LogP contribution >= 0.6 is 0 Å². The predicted octanol–water partition coefficient (Wildman–Crippen LogP) is 4.38. The van der Waals surface area contributed by atoms with Gasteiger partial charge in [0.2, 0.25) is 0 Å². The molecule has 8 heteroatoms. The van der Waals surface area contributed by atoms with Crippen LogP contribution in [0, 0.1) is 6.92 Å². The van der Waals surface area contributed by atoms with E-state index < -0.39 is 18.1 Å². The zero-order valence-electron chi connectivity index (χ0n) is 23.0. The number of hydrogen-bond acceptors (Lipinski definition) is 4. The zero-order chi connectivity index (χ0) is 28.2. The molecule has 0 radical (unpaired) electrons. The lowest BCUT2D eigenvalue weighted by molar-refractivity contribution is -0.128. The fourth-order valence-corrected chi connectivity index (χ4v) is 4.68. The van der Waals surface area contributed by atoms with Gasteiger partial charge in [0.25, 0.3) is 11.8 Å². The van der Waals surface area contributed by atoms with Crippen molar-refractivity contribution in [3.05, 3.63) is 101 Å². The summed E-state index contributed by atoms with van der Waals surface area (Å²) in [6.45, 7) is 9.38. The van der Waals surface area contributed by atoms with E-state index in [9.17, 15) is 14.4 Å². The van der Waals surface area contributed by atoms with Crippen LogP contribution in [0.1, 0.15) is 53.4 Å². The normalized spacial score (nSPS) is 15.3. The van der Waals surface area contributed by atoms with Crippen LogP contribution in [0.15, 0.2) is 72.8 Å². The molecule has 1 aliphatic rings. The summed E-state index contributed by atoms with van der Waals surface area (Å²) in [6.07, 6.45) is -1.10. The topological polar surface area (TPSA) is 108 Å². The quantitative estimate of drug-likeness (QED) is 0.442. The van der Waals surface area contributed by atoms with E-state index in [-0.39, 0.29) is 31.0 Å². The van der Waals surface area contributed by atoms with Crippen molar-refractivity contribution in [3.63, 3.8) is 0 Å². The highest BCUT2D eigenvalue weighted by molar-refractivity contribution is 6.00. The minimum atomic E-state index is -1.10. The van der Waals surface area contributed by atoms with E-state index in [0.717, 1.165) is 22.3 Å². The number of carbonyl (C=O) groups excluding carboxylic acids is 3. The van der Waals surface area contributed by atoms with Crippen molar-refractivity contribution < 1.29 is 14.4 Å². The van der Waals surface area contributed by atoms with Crippen molar-refractivity contribution in [2.45, 2.75) is 52.4 Å². The lowest BCUT2D eigenvalue weighted by atomic mass is 9.86. The number of benzene rings is 3. The average Bonchev–Trinajstić information content (AvgIpc) is 3.36. The number of hydrogen-bond donors (Lipinski definition) is 3. The lowest BCUT2D eigenvalue weighted by Gasteiger charge is -2.29. The molecule has 4 rings (SSSR count). The van der Waals surface area contributed by atoms with E-state index in [1.807, 2.05) is 61.5 Å². The number of rotatable bonds is 6. The van der Waals surface area contributed by atoms with Crippen molar-refractivity contribution in [2.75, 3.05) is 18.4 Å². The van der Waals surface area contributed by atoms with Crippen LogP contribution in [-0.4, -0.2) is 46.9 Å². The first-order chi connectivity index (χ1) is 18.6. The Morgan fingerprint density at radius 1 is 0.897 bits per heavy atom. The molecule has 8 nitrogen and oxygen atoms in total. The van der Waals surface area contributed by atoms with Gasteiger partial charge in [0, 0.05) is 37.4 Å². The number of nitrogens with zero attached hydrogens (tertiary/aromatic N) is 2. The van der Waals surface area contributed by atoms with Crippen LogP contribution in [0.2, 0.25) is 0 Å². The first kappa shape index (κ1) is 27.9. The van der Waals surface area contributed by atoms with Crippen LogP contribution in [-0.2, 0) is 23.3 Å². The Hall–Kier alpha value is -4.17. The van der Waals surface area contributed by atoms with E-state index >= 15 is 0 Å². The Bertz CT molecular complexity index is 1350. The first-order valence-corrected chi connectivity index (χ1v) is 13.2. The minimum Gasteiger partial charge on any atom is -0.349 e. The van der Waals surface area contributed by atoms with Crippen LogP contribution in [0.3, 0.4) is 0 Å². The Morgan fingerprint density at radius 3 is 2.23 bits per heavy atom. The summed E-state index contributed by atoms with van der Waals surface area (Å²) in [5, 5.41) is 5.80. The summed E-state index contributed by atoms with van der Waals surface area (Å²) in [4.78, 5) is 43.4. The molecule has 204 valence electrons. The summed E-state index contributed by atoms with van der Waals surface area (Å²) in [7, 11) is 0. The standard InChI is InChI=1S/C31H37N5O3/c1-21-7-5-10-26(17-21)34-30(39)36-16-15-35(29(38)24-11-13-25(14-12-24)31(2,3)4)28(36)27(37)33-20-23-9-6-8-22(18-23)19-32/h5-14,17-18,28H,15-16,19-20,32H2,1-4H3,(H,33,37)(H,34,39). The SMILES string of the molecule is Cc1cccc(NC(=O)N2CCN(C(=O)c3ccc(C(C)(C)C)cc3)C2C(=O)NCc2cccc(CN)c2)c1. The molecule has 0 bridgehead atoms. The van der Waals surface area contributed by atoms with Gasteiger partial charge in [-0.05, 0) is 58.9 Å². The maximum Gasteiger partial charge on any atom is 0.323 e. The average molecular weight is 528 g/mol. The third kappa shape index (κ3) is 6.64. The molecule has 1 atom stereocenters. The molecule has 0 aliphatic carbocycles. The number of carbonyl (C=O) groups is 3. The molecule has 1 unspecified atom stereocenters. The van der Waals surface area contributed by atoms with Crippen molar-refractivity contribution in [1.82, 2.24) is 15.1 Å². The second kappa shape index (κ2) is 11.7. The Morgan fingerprint density at radius 2 is 1.56 bits per heavy atom. The summed E-state index contributed by atoms with van der Waals surface area (Å²) in [5.74, 6) is -0.726. The van der Waals surface area contributed by atoms with Gasteiger partial charge < -0.3 is 21.3 Å². The fourth-order valence-electron chi connectivity index (χ4n) is 4.68. The molecule has 4 N–H and O–H groups in total. The smallest absolute Gasteiger partial charge is 0.323 e. The molecule has 0 aromatic heterocycles. The Labute approximate surface area is 230 Å². The summed E-state index contributed by atoms with van der Waals surface area (Å²) in [6, 6.07) is 22.1. The summed E-state index contributed by atoms with van der Waals surface area (Å²) < 4.78 is 0. The zero-order valence-corrected chi connectivity index (χ0v) is 23.0. The van der Waals surface area contributed by atoms with Gasteiger partial charge >= 0.3 is 6.03 Å². The second-order valence-corrected chi connectivity index (χ2v) is 10.9. The molecule has 3 aromatic carbocycles. The first-order valence-electron chi connectivity index (χ1n) is 13.2. The van der Waals surface area contributed by atoms with Crippen molar-refractivity contribution >= 4 is 23.5 Å². The van der Waals surface area contributed by atoms with E-state index in [4.69, 9.17) is 5.73 Å². The molecule has 1 saturated heterocycles. The highest BCUT2D eigenvalue weighted by Crippen LogP contribution is 2.25. The molecule has 39 heavy (non-hydrogen) atoms. The molecule has 1 fully saturated rings. The van der Waals surface area contributed by atoms with Gasteiger partial charge in [0.1, 0.15) is 0 Å². The highest BCUT2D eigenvalue weighted by atomic mass is 16.2. The van der Waals surface area contributed by atoms with E-state index in [1.165, 1.54) is 9.80 Å². The third-order valence-electron chi connectivity index (χ3n) is 6.89. The van der Waals surface area contributed by atoms with Crippen molar-refractivity contribution in [3.8, 4) is 0 Å². The van der Waals surface area contributed by atoms with Crippen molar-refractivity contribution in [2.24, 2.45) is 5.73 Å². The maximum absolute atomic E-state index is 13.6. The van der Waals surface area contributed by atoms with Crippen LogP contribution in [0.5, 0.6) is 0 Å². The number of urea groups is 1. The lowest BCUT2D eigenvalue weighted by Crippen LogP contribution is -2.54. The fraction of sp³-hybridized carbons (Fsp3) is 0.323. The van der Waals surface area contributed by atoms with Gasteiger partial charge in [0.05, 0.1) is 0 Å². The molecule has 4 amide bonds. The van der Waals surface area contributed by atoms with Gasteiger partial charge in [-0.25, -0.2) is 4.79 Å². The van der Waals surface area contributed by atoms with Gasteiger partial charge in [-0.15, -0.1) is 0 Å². The molecular formula is C31H37N5O3. The molecule has 1 heterocycles. The van der Waals surface area contributed by atoms with Crippen molar-refractivity contribution in [1.29, 1.82) is 0 Å². The van der Waals surface area contributed by atoms with Gasteiger partial charge in [-0.3, -0.25) is 14.5 Å². The number of aryl methyl sites for hydroxylation is 1. The summed E-state index contributed by atoms with van der Waals surface area (Å²) in [5.41, 5.74) is 10.7. The van der Waals surface area contributed by atoms with E-state index in [0.29, 0.717) is 17.8 Å². The number of anilines is 1. The Kier molecular flexibility index (Phi) is 8.35. The van der Waals surface area contributed by atoms with Crippen LogP contribution in [0.25, 0.3) is 0 Å². The number of nitrogens with one attached hydrogen (secondary N) is 2. The molecule has 3 aromatic rings. The number of amides is 4. The largest absolute Gasteiger partial charge is 0.349 e. The van der Waals surface area contributed by atoms with Crippen LogP contribution in [0.4, 0.5) is 10.5 Å². The minimum absolute atomic E-state index is 0.0521. The number of nitrogens with two attached hydrogens (primary N) is 1. The molecular weight excluding hydrogens is 490 g/mol. The highest BCUT2D eigenvalue weighted by Gasteiger charge is 2.43. The van der Waals surface area contributed by atoms with Gasteiger partial charge in [-0.1, -0.05) is 69.3 Å². The molecule has 1 aliphatic heterocycles. The van der Waals surface area contributed by atoms with E-state index in [1.54, 1.807) is 18.2 Å². The summed E-state index contributed by atoms with van der Waals surface area (Å²) >= 11 is 0. The monoisotopic (exact) mass is 527 g/mol. The van der Waals surface area contributed by atoms with Crippen LogP contribution < -0.4 is 16.4 Å². The van der Waals surface area contributed by atoms with E-state index in [2.05, 4.69) is 31.4 Å². The Balaban J connectivity index is 1.57.